The number of Topliss-reactive ketones (excluding diaryl/α,β-unsaturated/α-hetero) is 2. The number of fused-ring (bicyclic) bond motifs is 5. The number of aliphatic hydroxyl groups excluding tert-OH is 1. The molecule has 0 spiro atoms. The molecule has 3 fully saturated rings. The van der Waals surface area contributed by atoms with Gasteiger partial charge in [0.05, 0.1) is 0 Å². The van der Waals surface area contributed by atoms with Crippen molar-refractivity contribution in [1.29, 1.82) is 0 Å². The van der Waals surface area contributed by atoms with Gasteiger partial charge in [-0.2, -0.15) is 0 Å². The number of ketones is 2. The first kappa shape index (κ1) is 17.4. The SMILES string of the molecule is CC12CCC(=O)CC1=CCC1C2CCC2(C)C1CCC2(O)C(=O)CO. The van der Waals surface area contributed by atoms with Gasteiger partial charge in [0.25, 0.3) is 0 Å². The molecule has 3 saturated carbocycles. The van der Waals surface area contributed by atoms with E-state index in [1.807, 2.05) is 0 Å². The van der Waals surface area contributed by atoms with Gasteiger partial charge in [-0.05, 0) is 61.7 Å². The number of hydrogen-bond acceptors (Lipinski definition) is 4. The molecule has 0 saturated heterocycles. The summed E-state index contributed by atoms with van der Waals surface area (Å²) in [7, 11) is 0. The minimum atomic E-state index is -1.37. The number of carbonyl (C=O) groups excluding carboxylic acids is 2. The van der Waals surface area contributed by atoms with Crippen LogP contribution in [0.25, 0.3) is 0 Å². The van der Waals surface area contributed by atoms with Crippen LogP contribution < -0.4 is 0 Å². The van der Waals surface area contributed by atoms with E-state index in [-0.39, 0.29) is 5.41 Å². The molecular weight excluding hydrogens is 316 g/mol. The Morgan fingerprint density at radius 1 is 1.20 bits per heavy atom. The van der Waals surface area contributed by atoms with Gasteiger partial charge in [-0.25, -0.2) is 0 Å². The number of allylic oxidation sites excluding steroid dienone is 2. The average Bonchev–Trinajstić information content (AvgIpc) is 2.87. The summed E-state index contributed by atoms with van der Waals surface area (Å²) < 4.78 is 0. The van der Waals surface area contributed by atoms with E-state index in [2.05, 4.69) is 19.9 Å². The van der Waals surface area contributed by atoms with E-state index in [1.54, 1.807) is 0 Å². The summed E-state index contributed by atoms with van der Waals surface area (Å²) in [5.74, 6) is 1.30. The predicted molar refractivity (Wildman–Crippen MR) is 93.8 cm³/mol. The molecule has 4 heteroatoms. The van der Waals surface area contributed by atoms with Crippen molar-refractivity contribution in [3.05, 3.63) is 11.6 Å². The van der Waals surface area contributed by atoms with E-state index < -0.39 is 23.4 Å². The maximum atomic E-state index is 12.3. The number of rotatable bonds is 2. The standard InChI is InChI=1S/C21H30O4/c1-19-8-5-14(23)11-13(19)3-4-15-16(19)6-9-20(2)17(15)7-10-21(20,25)18(24)12-22/h3,15-17,22,25H,4-12H2,1-2H3. The normalized spacial score (nSPS) is 49.0. The van der Waals surface area contributed by atoms with Crippen molar-refractivity contribution in [3.8, 4) is 0 Å². The smallest absolute Gasteiger partial charge is 0.190 e. The molecule has 2 N–H and O–H groups in total. The minimum absolute atomic E-state index is 0.111. The Morgan fingerprint density at radius 2 is 1.92 bits per heavy atom. The monoisotopic (exact) mass is 346 g/mol. The highest BCUT2D eigenvalue weighted by molar-refractivity contribution is 5.89. The third-order valence-electron chi connectivity index (χ3n) is 8.69. The van der Waals surface area contributed by atoms with Crippen molar-refractivity contribution in [3.63, 3.8) is 0 Å². The molecule has 25 heavy (non-hydrogen) atoms. The van der Waals surface area contributed by atoms with Crippen LogP contribution in [0.3, 0.4) is 0 Å². The fourth-order valence-electron chi connectivity index (χ4n) is 7.08. The summed E-state index contributed by atoms with van der Waals surface area (Å²) in [6, 6.07) is 0. The van der Waals surface area contributed by atoms with Gasteiger partial charge in [0.15, 0.2) is 5.78 Å². The zero-order valence-corrected chi connectivity index (χ0v) is 15.4. The molecule has 6 atom stereocenters. The van der Waals surface area contributed by atoms with E-state index in [0.29, 0.717) is 42.8 Å². The molecular formula is C21H30O4. The first-order valence-electron chi connectivity index (χ1n) is 9.84. The molecule has 0 aromatic rings. The van der Waals surface area contributed by atoms with Crippen molar-refractivity contribution in [2.24, 2.45) is 28.6 Å². The maximum Gasteiger partial charge on any atom is 0.190 e. The van der Waals surface area contributed by atoms with Gasteiger partial charge >= 0.3 is 0 Å². The summed E-state index contributed by atoms with van der Waals surface area (Å²) in [6.07, 6.45) is 8.68. The van der Waals surface area contributed by atoms with Crippen molar-refractivity contribution >= 4 is 11.6 Å². The van der Waals surface area contributed by atoms with Crippen LogP contribution in [0.15, 0.2) is 11.6 Å². The molecule has 0 aromatic carbocycles. The van der Waals surface area contributed by atoms with Gasteiger partial charge in [-0.3, -0.25) is 9.59 Å². The molecule has 4 aliphatic carbocycles. The first-order valence-corrected chi connectivity index (χ1v) is 9.84. The predicted octanol–water partition coefficient (Wildman–Crippen LogP) is 2.81. The lowest BCUT2D eigenvalue weighted by Gasteiger charge is -2.58. The first-order chi connectivity index (χ1) is 11.8. The van der Waals surface area contributed by atoms with Gasteiger partial charge in [0.1, 0.15) is 18.0 Å². The van der Waals surface area contributed by atoms with E-state index >= 15 is 0 Å². The van der Waals surface area contributed by atoms with E-state index in [0.717, 1.165) is 32.1 Å². The highest BCUT2D eigenvalue weighted by atomic mass is 16.3. The Hall–Kier alpha value is -1.00. The van der Waals surface area contributed by atoms with E-state index in [9.17, 15) is 19.8 Å². The number of hydrogen-bond donors (Lipinski definition) is 2. The molecule has 0 bridgehead atoms. The van der Waals surface area contributed by atoms with E-state index in [4.69, 9.17) is 0 Å². The second-order valence-electron chi connectivity index (χ2n) is 9.41. The fourth-order valence-corrected chi connectivity index (χ4v) is 7.08. The van der Waals surface area contributed by atoms with Gasteiger partial charge < -0.3 is 10.2 Å². The highest BCUT2D eigenvalue weighted by Crippen LogP contribution is 2.67. The summed E-state index contributed by atoms with van der Waals surface area (Å²) in [5.41, 5.74) is -0.349. The Kier molecular flexibility index (Phi) is 3.83. The van der Waals surface area contributed by atoms with Crippen LogP contribution in [0, 0.1) is 28.6 Å². The third-order valence-corrected chi connectivity index (χ3v) is 8.69. The Labute approximate surface area is 149 Å². The van der Waals surface area contributed by atoms with Gasteiger partial charge in [0, 0.05) is 18.3 Å². The van der Waals surface area contributed by atoms with Gasteiger partial charge in [0.2, 0.25) is 0 Å². The van der Waals surface area contributed by atoms with Crippen molar-refractivity contribution < 1.29 is 19.8 Å². The van der Waals surface area contributed by atoms with Crippen LogP contribution in [-0.4, -0.2) is 34.0 Å². The lowest BCUT2D eigenvalue weighted by atomic mass is 9.47. The lowest BCUT2D eigenvalue weighted by Crippen LogP contribution is -2.57. The van der Waals surface area contributed by atoms with Crippen molar-refractivity contribution in [2.75, 3.05) is 6.61 Å². The molecule has 138 valence electrons. The third kappa shape index (κ3) is 2.13. The van der Waals surface area contributed by atoms with Crippen LogP contribution in [0.5, 0.6) is 0 Å². The lowest BCUT2D eigenvalue weighted by molar-refractivity contribution is -0.163. The van der Waals surface area contributed by atoms with Crippen LogP contribution in [0.2, 0.25) is 0 Å². The van der Waals surface area contributed by atoms with Crippen molar-refractivity contribution in [2.45, 2.75) is 70.8 Å². The fraction of sp³-hybridized carbons (Fsp3) is 0.810. The summed E-state index contributed by atoms with van der Waals surface area (Å²) in [5, 5.41) is 20.5. The summed E-state index contributed by atoms with van der Waals surface area (Å²) >= 11 is 0. The zero-order chi connectivity index (χ0) is 18.0. The Bertz CT molecular complexity index is 652. The van der Waals surface area contributed by atoms with Crippen molar-refractivity contribution in [1.82, 2.24) is 0 Å². The number of carbonyl (C=O) groups is 2. The quantitative estimate of drug-likeness (QED) is 0.754. The second-order valence-corrected chi connectivity index (χ2v) is 9.41. The summed E-state index contributed by atoms with van der Waals surface area (Å²) in [6.45, 7) is 3.84. The highest BCUT2D eigenvalue weighted by Gasteiger charge is 2.65. The molecule has 0 amide bonds. The zero-order valence-electron chi connectivity index (χ0n) is 15.4. The molecule has 0 aliphatic heterocycles. The molecule has 6 unspecified atom stereocenters. The van der Waals surface area contributed by atoms with Crippen LogP contribution in [-0.2, 0) is 9.59 Å². The molecule has 0 aromatic heterocycles. The molecule has 4 rings (SSSR count). The molecule has 0 radical (unpaired) electrons. The topological polar surface area (TPSA) is 74.6 Å². The van der Waals surface area contributed by atoms with E-state index in [1.165, 1.54) is 5.57 Å². The molecule has 4 nitrogen and oxygen atoms in total. The number of aliphatic hydroxyl groups is 2. The second kappa shape index (κ2) is 5.50. The Morgan fingerprint density at radius 3 is 2.64 bits per heavy atom. The van der Waals surface area contributed by atoms with Gasteiger partial charge in [-0.15, -0.1) is 0 Å². The minimum Gasteiger partial charge on any atom is -0.388 e. The molecule has 0 heterocycles. The largest absolute Gasteiger partial charge is 0.388 e. The van der Waals surface area contributed by atoms with Gasteiger partial charge in [-0.1, -0.05) is 25.5 Å². The molecule has 4 aliphatic rings. The average molecular weight is 346 g/mol. The Balaban J connectivity index is 1.69. The van der Waals surface area contributed by atoms with Crippen LogP contribution in [0.1, 0.15) is 65.2 Å². The maximum absolute atomic E-state index is 12.3. The summed E-state index contributed by atoms with van der Waals surface area (Å²) in [4.78, 5) is 24.2. The van der Waals surface area contributed by atoms with Crippen LogP contribution in [0.4, 0.5) is 0 Å². The van der Waals surface area contributed by atoms with Crippen LogP contribution >= 0.6 is 0 Å².